The third-order valence-corrected chi connectivity index (χ3v) is 4.89. The Morgan fingerprint density at radius 1 is 1.39 bits per heavy atom. The van der Waals surface area contributed by atoms with Gasteiger partial charge in [0.1, 0.15) is 5.76 Å². The summed E-state index contributed by atoms with van der Waals surface area (Å²) in [6.45, 7) is 1.10. The lowest BCUT2D eigenvalue weighted by atomic mass is 9.85. The Morgan fingerprint density at radius 3 is 2.87 bits per heavy atom. The fraction of sp³-hybridized carbons (Fsp3) is 0.647. The molecule has 6 nitrogen and oxygen atoms in total. The Bertz CT molecular complexity index is 549. The molecule has 0 bridgehead atoms. The van der Waals surface area contributed by atoms with Gasteiger partial charge in [-0.15, -0.1) is 0 Å². The highest BCUT2D eigenvalue weighted by Gasteiger charge is 2.36. The molecule has 2 fully saturated rings. The maximum absolute atomic E-state index is 12.3. The van der Waals surface area contributed by atoms with Crippen LogP contribution in [0.3, 0.4) is 0 Å². The number of furan rings is 1. The number of carbonyl (C=O) groups is 2. The summed E-state index contributed by atoms with van der Waals surface area (Å²) in [7, 11) is 0. The van der Waals surface area contributed by atoms with Gasteiger partial charge in [-0.3, -0.25) is 9.59 Å². The van der Waals surface area contributed by atoms with Crippen molar-refractivity contribution in [3.63, 3.8) is 0 Å². The van der Waals surface area contributed by atoms with Gasteiger partial charge < -0.3 is 19.7 Å². The van der Waals surface area contributed by atoms with Crippen molar-refractivity contribution in [1.29, 1.82) is 0 Å². The first-order chi connectivity index (χ1) is 11.1. The quantitative estimate of drug-likeness (QED) is 0.860. The van der Waals surface area contributed by atoms with E-state index in [1.54, 1.807) is 17.2 Å². The fourth-order valence-corrected chi connectivity index (χ4v) is 3.47. The molecule has 3 rings (SSSR count). The van der Waals surface area contributed by atoms with Gasteiger partial charge in [-0.25, -0.2) is 0 Å². The SMILES string of the molecule is O=C(NCC1(O)CCCCC1)C1CC(=O)N(Cc2ccco2)C1. The molecule has 1 saturated heterocycles. The van der Waals surface area contributed by atoms with Crippen LogP contribution in [0.2, 0.25) is 0 Å². The van der Waals surface area contributed by atoms with Gasteiger partial charge in [0.2, 0.25) is 11.8 Å². The summed E-state index contributed by atoms with van der Waals surface area (Å²) in [6.07, 6.45) is 6.43. The topological polar surface area (TPSA) is 82.8 Å². The van der Waals surface area contributed by atoms with Gasteiger partial charge in [0, 0.05) is 19.5 Å². The van der Waals surface area contributed by atoms with Crippen LogP contribution in [0.4, 0.5) is 0 Å². The van der Waals surface area contributed by atoms with Crippen molar-refractivity contribution in [2.24, 2.45) is 5.92 Å². The fourth-order valence-electron chi connectivity index (χ4n) is 3.47. The lowest BCUT2D eigenvalue weighted by Crippen LogP contribution is -2.46. The average Bonchev–Trinajstić information content (AvgIpc) is 3.17. The second kappa shape index (κ2) is 6.74. The Morgan fingerprint density at radius 2 is 2.17 bits per heavy atom. The van der Waals surface area contributed by atoms with Crippen molar-refractivity contribution in [2.45, 2.75) is 50.7 Å². The zero-order chi connectivity index (χ0) is 16.3. The molecule has 2 N–H and O–H groups in total. The molecular formula is C17H24N2O4. The van der Waals surface area contributed by atoms with Gasteiger partial charge in [-0.05, 0) is 25.0 Å². The predicted octanol–water partition coefficient (Wildman–Crippen LogP) is 1.44. The minimum Gasteiger partial charge on any atom is -0.467 e. The van der Waals surface area contributed by atoms with Gasteiger partial charge in [0.05, 0.1) is 24.3 Å². The molecule has 0 aromatic carbocycles. The molecule has 23 heavy (non-hydrogen) atoms. The first-order valence-electron chi connectivity index (χ1n) is 8.36. The van der Waals surface area contributed by atoms with Gasteiger partial charge in [-0.1, -0.05) is 19.3 Å². The van der Waals surface area contributed by atoms with Crippen LogP contribution in [0.15, 0.2) is 22.8 Å². The minimum absolute atomic E-state index is 0.0297. The van der Waals surface area contributed by atoms with Crippen molar-refractivity contribution in [3.8, 4) is 0 Å². The molecular weight excluding hydrogens is 296 g/mol. The molecule has 1 aliphatic carbocycles. The summed E-state index contributed by atoms with van der Waals surface area (Å²) in [5.41, 5.74) is -0.773. The molecule has 1 aromatic heterocycles. The second-order valence-corrected chi connectivity index (χ2v) is 6.76. The van der Waals surface area contributed by atoms with E-state index < -0.39 is 5.60 Å². The molecule has 2 amide bonds. The molecule has 0 radical (unpaired) electrons. The molecule has 126 valence electrons. The van der Waals surface area contributed by atoms with Crippen molar-refractivity contribution in [3.05, 3.63) is 24.2 Å². The molecule has 2 aliphatic rings. The Kier molecular flexibility index (Phi) is 4.71. The smallest absolute Gasteiger partial charge is 0.225 e. The summed E-state index contributed by atoms with van der Waals surface area (Å²) in [4.78, 5) is 26.0. The predicted molar refractivity (Wildman–Crippen MR) is 83.3 cm³/mol. The van der Waals surface area contributed by atoms with Crippen LogP contribution >= 0.6 is 0 Å². The molecule has 6 heteroatoms. The van der Waals surface area contributed by atoms with E-state index in [-0.39, 0.29) is 30.7 Å². The number of amides is 2. The van der Waals surface area contributed by atoms with Crippen LogP contribution < -0.4 is 5.32 Å². The highest BCUT2D eigenvalue weighted by molar-refractivity contribution is 5.89. The van der Waals surface area contributed by atoms with Crippen LogP contribution in [0.1, 0.15) is 44.3 Å². The number of aliphatic hydroxyl groups is 1. The van der Waals surface area contributed by atoms with Crippen LogP contribution in [0.25, 0.3) is 0 Å². The Labute approximate surface area is 135 Å². The molecule has 1 aromatic rings. The first-order valence-corrected chi connectivity index (χ1v) is 8.36. The summed E-state index contributed by atoms with van der Waals surface area (Å²) in [6, 6.07) is 3.60. The van der Waals surface area contributed by atoms with Crippen molar-refractivity contribution in [2.75, 3.05) is 13.1 Å². The van der Waals surface area contributed by atoms with E-state index in [4.69, 9.17) is 4.42 Å². The molecule has 0 spiro atoms. The standard InChI is InChI=1S/C17H24N2O4/c20-15-9-13(10-19(15)11-14-5-4-8-23-14)16(21)18-12-17(22)6-2-1-3-7-17/h4-5,8,13,22H,1-3,6-7,9-12H2,(H,18,21). The maximum Gasteiger partial charge on any atom is 0.225 e. The lowest BCUT2D eigenvalue weighted by molar-refractivity contribution is -0.129. The number of carbonyl (C=O) groups excluding carboxylic acids is 2. The number of hydrogen-bond acceptors (Lipinski definition) is 4. The normalized spacial score (nSPS) is 24.0. The number of nitrogens with one attached hydrogen (secondary N) is 1. The van der Waals surface area contributed by atoms with E-state index in [2.05, 4.69) is 5.32 Å². The molecule has 1 unspecified atom stereocenters. The Balaban J connectivity index is 1.49. The largest absolute Gasteiger partial charge is 0.467 e. The summed E-state index contributed by atoms with van der Waals surface area (Å²) in [5, 5.41) is 13.3. The number of likely N-dealkylation sites (tertiary alicyclic amines) is 1. The van der Waals surface area contributed by atoms with Crippen LogP contribution in [0.5, 0.6) is 0 Å². The zero-order valence-electron chi connectivity index (χ0n) is 13.3. The highest BCUT2D eigenvalue weighted by atomic mass is 16.3. The van der Waals surface area contributed by atoms with E-state index >= 15 is 0 Å². The number of rotatable bonds is 5. The number of nitrogens with zero attached hydrogens (tertiary/aromatic N) is 1. The van der Waals surface area contributed by atoms with Crippen molar-refractivity contribution in [1.82, 2.24) is 10.2 Å². The van der Waals surface area contributed by atoms with E-state index in [0.717, 1.165) is 37.9 Å². The zero-order valence-corrected chi connectivity index (χ0v) is 13.3. The third-order valence-electron chi connectivity index (χ3n) is 4.89. The highest BCUT2D eigenvalue weighted by Crippen LogP contribution is 2.27. The summed E-state index contributed by atoms with van der Waals surface area (Å²) in [5.74, 6) is 0.206. The van der Waals surface area contributed by atoms with E-state index in [9.17, 15) is 14.7 Å². The lowest BCUT2D eigenvalue weighted by Gasteiger charge is -2.32. The minimum atomic E-state index is -0.773. The first kappa shape index (κ1) is 16.1. The van der Waals surface area contributed by atoms with Crippen molar-refractivity contribution < 1.29 is 19.1 Å². The van der Waals surface area contributed by atoms with Gasteiger partial charge >= 0.3 is 0 Å². The monoisotopic (exact) mass is 320 g/mol. The second-order valence-electron chi connectivity index (χ2n) is 6.76. The van der Waals surface area contributed by atoms with Crippen molar-refractivity contribution >= 4 is 11.8 Å². The van der Waals surface area contributed by atoms with Crippen LogP contribution in [-0.4, -0.2) is 40.5 Å². The van der Waals surface area contributed by atoms with Crippen LogP contribution in [0, 0.1) is 5.92 Å². The maximum atomic E-state index is 12.3. The average molecular weight is 320 g/mol. The van der Waals surface area contributed by atoms with E-state index in [1.165, 1.54) is 0 Å². The molecule has 1 atom stereocenters. The molecule has 1 aliphatic heterocycles. The van der Waals surface area contributed by atoms with Gasteiger partial charge in [-0.2, -0.15) is 0 Å². The number of hydrogen-bond donors (Lipinski definition) is 2. The Hall–Kier alpha value is -1.82. The van der Waals surface area contributed by atoms with Crippen LogP contribution in [-0.2, 0) is 16.1 Å². The third kappa shape index (κ3) is 3.93. The molecule has 2 heterocycles. The van der Waals surface area contributed by atoms with Gasteiger partial charge in [0.25, 0.3) is 0 Å². The summed E-state index contributed by atoms with van der Waals surface area (Å²) < 4.78 is 5.25. The molecule has 1 saturated carbocycles. The summed E-state index contributed by atoms with van der Waals surface area (Å²) >= 11 is 0. The van der Waals surface area contributed by atoms with E-state index in [0.29, 0.717) is 13.1 Å². The van der Waals surface area contributed by atoms with E-state index in [1.807, 2.05) is 6.07 Å². The van der Waals surface area contributed by atoms with Gasteiger partial charge in [0.15, 0.2) is 0 Å².